The number of nitrogens with zero attached hydrogens (tertiary/aromatic N) is 1. The molecule has 0 aliphatic carbocycles. The molecule has 1 N–H and O–H groups in total. The average Bonchev–Trinajstić information content (AvgIpc) is 2.62. The number of hydrogen-bond donors (Lipinski definition) is 1. The van der Waals surface area contributed by atoms with Crippen molar-refractivity contribution in [1.29, 1.82) is 0 Å². The van der Waals surface area contributed by atoms with E-state index in [1.54, 1.807) is 6.07 Å². The van der Waals surface area contributed by atoms with Gasteiger partial charge >= 0.3 is 0 Å². The van der Waals surface area contributed by atoms with Crippen molar-refractivity contribution in [3.8, 4) is 0 Å². The molecule has 0 aliphatic rings. The summed E-state index contributed by atoms with van der Waals surface area (Å²) < 4.78 is 13.3. The summed E-state index contributed by atoms with van der Waals surface area (Å²) in [5.74, 6) is -0.394. The summed E-state index contributed by atoms with van der Waals surface area (Å²) >= 11 is 5.71. The number of halogens is 2. The lowest BCUT2D eigenvalue weighted by molar-refractivity contribution is 0.630. The maximum atomic E-state index is 13.3. The monoisotopic (exact) mass is 238 g/mol. The van der Waals surface area contributed by atoms with Crippen LogP contribution in [0.3, 0.4) is 0 Å². The first-order valence-corrected chi connectivity index (χ1v) is 5.40. The van der Waals surface area contributed by atoms with Crippen LogP contribution in [0.25, 0.3) is 10.9 Å². The van der Waals surface area contributed by atoms with Gasteiger partial charge in [-0.15, -0.1) is 0 Å². The molecule has 0 unspecified atom stereocenters. The molecule has 0 spiro atoms. The third-order valence-electron chi connectivity index (χ3n) is 2.64. The number of hydrogen-bond acceptors (Lipinski definition) is 1. The maximum absolute atomic E-state index is 13.3. The van der Waals surface area contributed by atoms with Crippen molar-refractivity contribution in [2.45, 2.75) is 19.4 Å². The molecule has 0 bridgehead atoms. The summed E-state index contributed by atoms with van der Waals surface area (Å²) in [6.45, 7) is 5.47. The highest BCUT2D eigenvalue weighted by molar-refractivity contribution is 6.31. The molecule has 1 aromatic heterocycles. The minimum absolute atomic E-state index is 0.123. The van der Waals surface area contributed by atoms with Crippen LogP contribution in [0, 0.1) is 5.82 Å². The van der Waals surface area contributed by atoms with Crippen molar-refractivity contribution in [3.05, 3.63) is 34.7 Å². The van der Waals surface area contributed by atoms with Crippen LogP contribution < -0.4 is 0 Å². The highest BCUT2D eigenvalue weighted by Crippen LogP contribution is 2.25. The van der Waals surface area contributed by atoms with Gasteiger partial charge in [-0.2, -0.15) is 0 Å². The van der Waals surface area contributed by atoms with Crippen molar-refractivity contribution in [2.24, 2.45) is 4.99 Å². The first-order chi connectivity index (χ1) is 7.61. The van der Waals surface area contributed by atoms with Crippen molar-refractivity contribution in [2.75, 3.05) is 0 Å². The molecule has 1 atom stereocenters. The number of H-pyrrole nitrogens is 1. The summed E-state index contributed by atoms with van der Waals surface area (Å²) in [6.07, 6.45) is 2.60. The van der Waals surface area contributed by atoms with E-state index < -0.39 is 5.82 Å². The van der Waals surface area contributed by atoms with Crippen LogP contribution in [0.2, 0.25) is 5.02 Å². The molecule has 4 heteroatoms. The molecule has 1 aromatic carbocycles. The van der Waals surface area contributed by atoms with Crippen LogP contribution in [0.1, 0.15) is 12.5 Å². The molecule has 2 nitrogen and oxygen atoms in total. The third kappa shape index (κ3) is 1.95. The Bertz CT molecular complexity index is 533. The van der Waals surface area contributed by atoms with Gasteiger partial charge in [0.15, 0.2) is 0 Å². The van der Waals surface area contributed by atoms with Gasteiger partial charge in [0.25, 0.3) is 0 Å². The fraction of sp³-hybridized carbons (Fsp3) is 0.250. The Morgan fingerprint density at radius 3 is 3.00 bits per heavy atom. The summed E-state index contributed by atoms with van der Waals surface area (Å²) in [7, 11) is 0. The topological polar surface area (TPSA) is 28.1 Å². The smallest absolute Gasteiger partial charge is 0.142 e. The normalized spacial score (nSPS) is 12.9. The highest BCUT2D eigenvalue weighted by Gasteiger charge is 2.10. The molecule has 0 aliphatic heterocycles. The van der Waals surface area contributed by atoms with Gasteiger partial charge in [-0.1, -0.05) is 11.6 Å². The third-order valence-corrected chi connectivity index (χ3v) is 2.92. The lowest BCUT2D eigenvalue weighted by atomic mass is 10.1. The molecule has 84 valence electrons. The van der Waals surface area contributed by atoms with Crippen LogP contribution in [-0.4, -0.2) is 17.7 Å². The number of aliphatic imine (C=N–C) groups is 1. The predicted octanol–water partition coefficient (Wildman–Crippen LogP) is 3.59. The second-order valence-corrected chi connectivity index (χ2v) is 4.27. The zero-order chi connectivity index (χ0) is 11.7. The Labute approximate surface area is 98.1 Å². The Morgan fingerprint density at radius 1 is 1.56 bits per heavy atom. The van der Waals surface area contributed by atoms with Gasteiger partial charge in [-0.05, 0) is 37.8 Å². The predicted molar refractivity (Wildman–Crippen MR) is 66.0 cm³/mol. The van der Waals surface area contributed by atoms with E-state index in [-0.39, 0.29) is 11.1 Å². The number of fused-ring (bicyclic) bond motifs is 1. The van der Waals surface area contributed by atoms with Crippen LogP contribution >= 0.6 is 11.6 Å². The summed E-state index contributed by atoms with van der Waals surface area (Å²) in [4.78, 5) is 7.00. The van der Waals surface area contributed by atoms with Crippen LogP contribution in [0.4, 0.5) is 4.39 Å². The van der Waals surface area contributed by atoms with Gasteiger partial charge in [0.1, 0.15) is 5.82 Å². The molecular weight excluding hydrogens is 227 g/mol. The van der Waals surface area contributed by atoms with Crippen LogP contribution in [0.5, 0.6) is 0 Å². The molecule has 0 amide bonds. The van der Waals surface area contributed by atoms with Crippen molar-refractivity contribution >= 4 is 29.2 Å². The molecule has 0 radical (unpaired) electrons. The van der Waals surface area contributed by atoms with E-state index in [1.165, 1.54) is 6.07 Å². The lowest BCUT2D eigenvalue weighted by Gasteiger charge is -2.04. The molecule has 0 saturated heterocycles. The molecule has 0 fully saturated rings. The average molecular weight is 239 g/mol. The van der Waals surface area contributed by atoms with Crippen molar-refractivity contribution < 1.29 is 4.39 Å². The molecule has 0 saturated carbocycles. The van der Waals surface area contributed by atoms with Gasteiger partial charge in [0, 0.05) is 17.1 Å². The van der Waals surface area contributed by atoms with Gasteiger partial charge in [-0.25, -0.2) is 4.39 Å². The second-order valence-electron chi connectivity index (χ2n) is 3.86. The Morgan fingerprint density at radius 2 is 2.31 bits per heavy atom. The van der Waals surface area contributed by atoms with E-state index >= 15 is 0 Å². The summed E-state index contributed by atoms with van der Waals surface area (Å²) in [5.41, 5.74) is 1.88. The van der Waals surface area contributed by atoms with Crippen LogP contribution in [0.15, 0.2) is 23.3 Å². The van der Waals surface area contributed by atoms with Crippen molar-refractivity contribution in [3.63, 3.8) is 0 Å². The first kappa shape index (κ1) is 11.1. The molecule has 16 heavy (non-hydrogen) atoms. The first-order valence-electron chi connectivity index (χ1n) is 5.02. The quantitative estimate of drug-likeness (QED) is 0.792. The Kier molecular flexibility index (Phi) is 2.97. The molecule has 2 aromatic rings. The lowest BCUT2D eigenvalue weighted by Crippen LogP contribution is -2.01. The largest absolute Gasteiger partial charge is 0.361 e. The summed E-state index contributed by atoms with van der Waals surface area (Å²) in [6, 6.07) is 3.18. The van der Waals surface area contributed by atoms with E-state index in [4.69, 9.17) is 11.6 Å². The summed E-state index contributed by atoms with van der Waals surface area (Å²) in [5, 5.41) is 0.994. The molecule has 2 rings (SSSR count). The van der Waals surface area contributed by atoms with Gasteiger partial charge < -0.3 is 4.98 Å². The van der Waals surface area contributed by atoms with Gasteiger partial charge in [0.2, 0.25) is 0 Å². The van der Waals surface area contributed by atoms with Crippen LogP contribution in [-0.2, 0) is 6.42 Å². The zero-order valence-electron chi connectivity index (χ0n) is 8.93. The fourth-order valence-corrected chi connectivity index (χ4v) is 1.89. The van der Waals surface area contributed by atoms with E-state index in [0.717, 1.165) is 22.9 Å². The minimum Gasteiger partial charge on any atom is -0.361 e. The number of nitrogens with one attached hydrogen (secondary N) is 1. The highest BCUT2D eigenvalue weighted by atomic mass is 35.5. The molecular formula is C12H12ClFN2. The van der Waals surface area contributed by atoms with E-state index in [0.29, 0.717) is 0 Å². The second kappa shape index (κ2) is 4.26. The number of aromatic amines is 1. The molecule has 1 heterocycles. The van der Waals surface area contributed by atoms with Gasteiger partial charge in [0.05, 0.1) is 11.1 Å². The number of aromatic nitrogens is 1. The number of rotatable bonds is 3. The Balaban J connectivity index is 2.47. The number of benzene rings is 1. The maximum Gasteiger partial charge on any atom is 0.142 e. The zero-order valence-corrected chi connectivity index (χ0v) is 9.68. The minimum atomic E-state index is -0.394. The SMILES string of the molecule is C=N[C@@H](C)Cc1c[nH]c2cc(Cl)c(F)cc12. The standard InChI is InChI=1S/C12H12ClFN2/c1-7(15-2)3-8-6-16-12-5-10(13)11(14)4-9(8)12/h4-7,16H,2-3H2,1H3/t7-/m0/s1. The van der Waals surface area contributed by atoms with Gasteiger partial charge in [-0.3, -0.25) is 4.99 Å². The van der Waals surface area contributed by atoms with E-state index in [2.05, 4.69) is 16.7 Å². The Hall–Kier alpha value is -1.35. The van der Waals surface area contributed by atoms with E-state index in [1.807, 2.05) is 13.1 Å². The van der Waals surface area contributed by atoms with Crippen molar-refractivity contribution in [1.82, 2.24) is 4.98 Å². The fourth-order valence-electron chi connectivity index (χ4n) is 1.73. The van der Waals surface area contributed by atoms with E-state index in [9.17, 15) is 4.39 Å².